The summed E-state index contributed by atoms with van der Waals surface area (Å²) in [5.41, 5.74) is 3.49. The van der Waals surface area contributed by atoms with Crippen LogP contribution in [-0.2, 0) is 38.5 Å². The highest BCUT2D eigenvalue weighted by atomic mass is 19.1. The predicted molar refractivity (Wildman–Crippen MR) is 419 cm³/mol. The average molecular weight is 1620 g/mol. The van der Waals surface area contributed by atoms with Gasteiger partial charge in [0.2, 0.25) is 0 Å². The van der Waals surface area contributed by atoms with Crippen molar-refractivity contribution in [3.63, 3.8) is 0 Å². The minimum atomic E-state index is -1.56. The van der Waals surface area contributed by atoms with E-state index in [4.69, 9.17) is 23.7 Å². The first kappa shape index (κ1) is 84.9. The van der Waals surface area contributed by atoms with E-state index in [0.29, 0.717) is 92.3 Å². The maximum Gasteiger partial charge on any atom is 0.187 e. The number of hydrogen-bond donors (Lipinski definition) is 0. The fourth-order valence-electron chi connectivity index (χ4n) is 10.3. The first-order chi connectivity index (χ1) is 58.3. The summed E-state index contributed by atoms with van der Waals surface area (Å²) in [6.07, 6.45) is 31.5. The van der Waals surface area contributed by atoms with Crippen molar-refractivity contribution in [3.8, 4) is 57.5 Å². The molecule has 0 fully saturated rings. The van der Waals surface area contributed by atoms with Gasteiger partial charge in [0.15, 0.2) is 51.9 Å². The summed E-state index contributed by atoms with van der Waals surface area (Å²) in [4.78, 5) is 137. The van der Waals surface area contributed by atoms with Crippen LogP contribution in [0.4, 0.5) is 22.0 Å². The highest BCUT2D eigenvalue weighted by Crippen LogP contribution is 2.27. The predicted octanol–water partition coefficient (Wildman–Crippen LogP) is 15.5. The molecule has 0 saturated carbocycles. The van der Waals surface area contributed by atoms with Crippen LogP contribution in [0.3, 0.4) is 0 Å². The molecule has 15 aromatic heterocycles. The van der Waals surface area contributed by atoms with Crippen LogP contribution in [0.25, 0.3) is 0 Å². The number of hydrogen-bond acceptors (Lipinski definition) is 29. The number of pyridine rings is 11. The summed E-state index contributed by atoms with van der Waals surface area (Å²) in [7, 11) is 0. The van der Waals surface area contributed by atoms with Gasteiger partial charge in [-0.1, -0.05) is 13.0 Å². The molecule has 34 heteroatoms. The second-order valence-electron chi connectivity index (χ2n) is 24.9. The van der Waals surface area contributed by atoms with Crippen molar-refractivity contribution in [1.82, 2.24) is 94.7 Å². The Labute approximate surface area is 680 Å². The molecular formula is C86H66F5N19O10. The summed E-state index contributed by atoms with van der Waals surface area (Å²) < 4.78 is 95.6. The van der Waals surface area contributed by atoms with Crippen LogP contribution in [0, 0.1) is 30.2 Å². The summed E-state index contributed by atoms with van der Waals surface area (Å²) in [6, 6.07) is 34.2. The molecule has 1 unspecified atom stereocenters. The number of nitrogens with zero attached hydrogens (tertiary/aromatic N) is 19. The molecule has 29 nitrogen and oxygen atoms in total. The lowest BCUT2D eigenvalue weighted by atomic mass is 10.1. The molecule has 15 rings (SSSR count). The Morgan fingerprint density at radius 3 is 1.06 bits per heavy atom. The van der Waals surface area contributed by atoms with Crippen LogP contribution in [0.5, 0.6) is 57.5 Å². The second-order valence-corrected chi connectivity index (χ2v) is 24.9. The van der Waals surface area contributed by atoms with Crippen molar-refractivity contribution in [2.24, 2.45) is 0 Å². The van der Waals surface area contributed by atoms with E-state index in [-0.39, 0.29) is 112 Å². The zero-order valence-electron chi connectivity index (χ0n) is 63.7. The topological polar surface area (TPSA) is 376 Å². The quantitative estimate of drug-likeness (QED) is 0.0341. The maximum atomic E-state index is 13.8. The molecule has 0 saturated heterocycles. The van der Waals surface area contributed by atoms with Crippen molar-refractivity contribution in [1.29, 1.82) is 0 Å². The lowest BCUT2D eigenvalue weighted by Crippen LogP contribution is -2.09. The van der Waals surface area contributed by atoms with Gasteiger partial charge < -0.3 is 23.7 Å². The third-order valence-corrected chi connectivity index (χ3v) is 16.0. The maximum absolute atomic E-state index is 13.8. The molecule has 1 atom stereocenters. The van der Waals surface area contributed by atoms with E-state index in [9.17, 15) is 45.9 Å². The Kier molecular flexibility index (Phi) is 30.7. The lowest BCUT2D eigenvalue weighted by molar-refractivity contribution is 0.0977. The van der Waals surface area contributed by atoms with Crippen LogP contribution < -0.4 is 23.7 Å². The highest BCUT2D eigenvalue weighted by molar-refractivity contribution is 5.98. The molecule has 120 heavy (non-hydrogen) atoms. The average Bonchev–Trinajstić information content (AvgIpc) is 0.398. The Morgan fingerprint density at radius 1 is 0.308 bits per heavy atom. The smallest absolute Gasteiger partial charge is 0.187 e. The third-order valence-electron chi connectivity index (χ3n) is 16.0. The second kappa shape index (κ2) is 43.5. The van der Waals surface area contributed by atoms with Gasteiger partial charge in [0.05, 0.1) is 105 Å². The van der Waals surface area contributed by atoms with Gasteiger partial charge in [0.25, 0.3) is 0 Å². The minimum absolute atomic E-state index is 0.0399. The Balaban J connectivity index is 0.000000147. The number of ether oxygens (including phenoxy) is 5. The fourth-order valence-corrected chi connectivity index (χ4v) is 10.3. The standard InChI is InChI=1S/C18H14F2N4O2.C18H15FN4O2.C17H13FN4O2.C17H13N3O2.C16H11FN4O2/c1-11(19)18-15(20)3-2-12(24-18)6-17(25)16-7-13(4-5-23-16)26-14-8-21-10-22-9-14;1-2-16-15(19)4-3-12(23-16)7-18(24)17-8-13(5-6-22-17)25-14-9-20-11-21-10-14;1-11-4-14(18)15(22-7-11)6-17(23)16-5-12(2-3-21-16)24-13-8-19-10-20-9-13;21-17(10-13-4-1-2-8-19-13)16-11-14(6-9-20-16)22-15-5-3-7-18-12-15;17-13-2-1-4-20-14(13)7-16(22)15-6-11(3-5-21-15)23-12-8-18-10-19-9-12/h2-5,7-11H,6H2,1H3;3-6,8-11H,2,7H2,1H3;2-5,7-10H,6H2,1H3;1-9,11-12H,10H2;1-6,8-10H,7H2. The van der Waals surface area contributed by atoms with E-state index in [1.165, 1.54) is 174 Å². The number of halogens is 5. The summed E-state index contributed by atoms with van der Waals surface area (Å²) >= 11 is 0. The van der Waals surface area contributed by atoms with Crippen molar-refractivity contribution in [3.05, 3.63) is 367 Å². The number of aromatic nitrogens is 19. The van der Waals surface area contributed by atoms with E-state index < -0.39 is 23.6 Å². The van der Waals surface area contributed by atoms with Gasteiger partial charge in [-0.25, -0.2) is 61.8 Å². The number of carbonyl (C=O) groups excluding carboxylic acids is 5. The Morgan fingerprint density at radius 2 is 0.675 bits per heavy atom. The van der Waals surface area contributed by atoms with Crippen LogP contribution in [-0.4, -0.2) is 124 Å². The zero-order valence-corrected chi connectivity index (χ0v) is 63.7. The first-order valence-electron chi connectivity index (χ1n) is 36.1. The normalized spacial score (nSPS) is 10.7. The number of aryl methyl sites for hydroxylation is 2. The minimum Gasteiger partial charge on any atom is -0.456 e. The molecule has 0 aliphatic heterocycles. The molecule has 0 aliphatic carbocycles. The number of ketones is 5. The highest BCUT2D eigenvalue weighted by Gasteiger charge is 2.21. The summed E-state index contributed by atoms with van der Waals surface area (Å²) in [5, 5.41) is 0. The van der Waals surface area contributed by atoms with E-state index in [1.54, 1.807) is 86.3 Å². The van der Waals surface area contributed by atoms with Crippen molar-refractivity contribution < 1.29 is 69.6 Å². The molecule has 0 radical (unpaired) electrons. The lowest BCUT2D eigenvalue weighted by Gasteiger charge is -2.08. The van der Waals surface area contributed by atoms with E-state index in [0.717, 1.165) is 6.07 Å². The number of rotatable bonds is 27. The van der Waals surface area contributed by atoms with Crippen LogP contribution in [0.1, 0.15) is 118 Å². The zero-order chi connectivity index (χ0) is 84.4. The molecule has 600 valence electrons. The first-order valence-corrected chi connectivity index (χ1v) is 36.1. The summed E-state index contributed by atoms with van der Waals surface area (Å²) in [6.45, 7) is 4.73. The molecule has 0 amide bonds. The SMILES string of the molecule is CC(F)c1nc(CC(=O)c2cc(Oc3cncnc3)ccn2)ccc1F.CCc1nc(CC(=O)c2cc(Oc3cncnc3)ccn2)ccc1F.Cc1cnc(CC(=O)c2cc(Oc3cncnc3)ccn2)c(F)c1.O=C(Cc1ccccn1)c1cc(Oc2cccnc2)ccn1.O=C(Cc1ncccc1F)c1cc(Oc2cncnc2)ccn1. The van der Waals surface area contributed by atoms with Crippen LogP contribution in [0.2, 0.25) is 0 Å². The van der Waals surface area contributed by atoms with Crippen LogP contribution in [0.15, 0.2) is 270 Å². The molecule has 0 aromatic carbocycles. The van der Waals surface area contributed by atoms with Crippen LogP contribution >= 0.6 is 0 Å². The number of Topliss-reactive ketones (excluding diaryl/α,β-unsaturated/α-hetero) is 5. The Bertz CT molecular complexity index is 5950. The molecule has 0 bridgehead atoms. The fraction of sp³-hybridized carbons (Fsp3) is 0.116. The monoisotopic (exact) mass is 1620 g/mol. The number of carbonyl (C=O) groups is 5. The molecule has 0 N–H and O–H groups in total. The van der Waals surface area contributed by atoms with Gasteiger partial charge in [0, 0.05) is 103 Å². The van der Waals surface area contributed by atoms with Gasteiger partial charge in [-0.15, -0.1) is 0 Å². The van der Waals surface area contributed by atoms with E-state index >= 15 is 0 Å². The van der Waals surface area contributed by atoms with Gasteiger partial charge in [-0.05, 0) is 123 Å². The molecule has 0 aliphatic rings. The van der Waals surface area contributed by atoms with Crippen molar-refractivity contribution in [2.45, 2.75) is 65.5 Å². The third kappa shape index (κ3) is 26.5. The van der Waals surface area contributed by atoms with Gasteiger partial charge in [-0.2, -0.15) is 0 Å². The number of alkyl halides is 1. The van der Waals surface area contributed by atoms with Gasteiger partial charge in [-0.3, -0.25) is 78.8 Å². The van der Waals surface area contributed by atoms with Gasteiger partial charge >= 0.3 is 0 Å². The van der Waals surface area contributed by atoms with E-state index in [1.807, 2.05) is 25.1 Å². The van der Waals surface area contributed by atoms with Crippen molar-refractivity contribution >= 4 is 28.9 Å². The Hall–Kier alpha value is -16.0. The summed E-state index contributed by atoms with van der Waals surface area (Å²) in [5.74, 6) is 1.08. The molecule has 15 heterocycles. The molecule has 0 spiro atoms. The largest absolute Gasteiger partial charge is 0.456 e. The van der Waals surface area contributed by atoms with E-state index in [2.05, 4.69) is 94.7 Å². The van der Waals surface area contributed by atoms with Crippen molar-refractivity contribution in [2.75, 3.05) is 0 Å². The molecule has 15 aromatic rings. The van der Waals surface area contributed by atoms with Gasteiger partial charge in [0.1, 0.15) is 123 Å². The molecular weight excluding hydrogens is 1550 g/mol.